The molecular weight excluding hydrogens is 188 g/mol. The van der Waals surface area contributed by atoms with Crippen molar-refractivity contribution in [3.8, 4) is 0 Å². The standard InChI is InChI=1S/C13H25O2/c1-4-8-11-12(14-5-2)9-7-10-13(11)15-6-3/h12-13H,4-10H2,1-3H3. The van der Waals surface area contributed by atoms with Crippen LogP contribution < -0.4 is 0 Å². The van der Waals surface area contributed by atoms with E-state index >= 15 is 0 Å². The Morgan fingerprint density at radius 2 is 1.53 bits per heavy atom. The van der Waals surface area contributed by atoms with Gasteiger partial charge in [-0.05, 0) is 39.5 Å². The summed E-state index contributed by atoms with van der Waals surface area (Å²) >= 11 is 0. The zero-order valence-corrected chi connectivity index (χ0v) is 10.4. The molecule has 1 radical (unpaired) electrons. The summed E-state index contributed by atoms with van der Waals surface area (Å²) in [7, 11) is 0. The Morgan fingerprint density at radius 3 is 1.93 bits per heavy atom. The van der Waals surface area contributed by atoms with Crippen molar-refractivity contribution in [2.45, 2.75) is 65.1 Å². The Hall–Kier alpha value is -0.0800. The number of hydrogen-bond donors (Lipinski definition) is 0. The van der Waals surface area contributed by atoms with Crippen LogP contribution in [0.4, 0.5) is 0 Å². The van der Waals surface area contributed by atoms with E-state index in [9.17, 15) is 0 Å². The van der Waals surface area contributed by atoms with E-state index in [0.29, 0.717) is 12.2 Å². The molecule has 1 saturated carbocycles. The second-order valence-corrected chi connectivity index (χ2v) is 4.14. The molecule has 0 amide bonds. The first-order chi connectivity index (χ1) is 7.33. The van der Waals surface area contributed by atoms with Crippen LogP contribution in [0.25, 0.3) is 0 Å². The fourth-order valence-electron chi connectivity index (χ4n) is 2.46. The summed E-state index contributed by atoms with van der Waals surface area (Å²) in [6.07, 6.45) is 6.69. The van der Waals surface area contributed by atoms with Crippen LogP contribution in [-0.2, 0) is 9.47 Å². The second kappa shape index (κ2) is 7.24. The summed E-state index contributed by atoms with van der Waals surface area (Å²) in [4.78, 5) is 0. The van der Waals surface area contributed by atoms with E-state index in [1.165, 1.54) is 31.6 Å². The molecule has 0 aromatic rings. The van der Waals surface area contributed by atoms with E-state index in [2.05, 4.69) is 20.8 Å². The molecule has 1 rings (SSSR count). The van der Waals surface area contributed by atoms with Crippen LogP contribution in [0.3, 0.4) is 0 Å². The van der Waals surface area contributed by atoms with Gasteiger partial charge in [-0.15, -0.1) is 0 Å². The summed E-state index contributed by atoms with van der Waals surface area (Å²) in [6, 6.07) is 0. The second-order valence-electron chi connectivity index (χ2n) is 4.14. The third-order valence-electron chi connectivity index (χ3n) is 3.03. The fraction of sp³-hybridized carbons (Fsp3) is 0.923. The maximum Gasteiger partial charge on any atom is 0.0663 e. The molecular formula is C13H25O2. The van der Waals surface area contributed by atoms with Gasteiger partial charge in [0, 0.05) is 19.1 Å². The van der Waals surface area contributed by atoms with Crippen LogP contribution in [0.5, 0.6) is 0 Å². The monoisotopic (exact) mass is 213 g/mol. The highest BCUT2D eigenvalue weighted by Crippen LogP contribution is 2.34. The maximum absolute atomic E-state index is 5.81. The first-order valence-corrected chi connectivity index (χ1v) is 6.42. The normalized spacial score (nSPS) is 28.2. The molecule has 0 aromatic carbocycles. The van der Waals surface area contributed by atoms with E-state index in [4.69, 9.17) is 9.47 Å². The Labute approximate surface area is 94.3 Å². The Morgan fingerprint density at radius 1 is 1.00 bits per heavy atom. The van der Waals surface area contributed by atoms with E-state index in [1.54, 1.807) is 0 Å². The number of hydrogen-bond acceptors (Lipinski definition) is 2. The topological polar surface area (TPSA) is 18.5 Å². The van der Waals surface area contributed by atoms with Gasteiger partial charge in [-0.2, -0.15) is 0 Å². The minimum Gasteiger partial charge on any atom is -0.378 e. The molecule has 0 saturated heterocycles. The van der Waals surface area contributed by atoms with E-state index in [0.717, 1.165) is 19.6 Å². The number of ether oxygens (including phenoxy) is 2. The summed E-state index contributed by atoms with van der Waals surface area (Å²) in [5.41, 5.74) is 0. The van der Waals surface area contributed by atoms with E-state index in [-0.39, 0.29) is 0 Å². The molecule has 2 unspecified atom stereocenters. The van der Waals surface area contributed by atoms with Gasteiger partial charge >= 0.3 is 0 Å². The minimum atomic E-state index is 0.361. The van der Waals surface area contributed by atoms with Crippen LogP contribution in [0, 0.1) is 5.92 Å². The van der Waals surface area contributed by atoms with E-state index < -0.39 is 0 Å². The molecule has 2 atom stereocenters. The van der Waals surface area contributed by atoms with E-state index in [1.807, 2.05) is 0 Å². The average Bonchev–Trinajstić information content (AvgIpc) is 2.23. The molecule has 89 valence electrons. The molecule has 2 nitrogen and oxygen atoms in total. The van der Waals surface area contributed by atoms with Crippen LogP contribution in [-0.4, -0.2) is 25.4 Å². The zero-order chi connectivity index (χ0) is 11.1. The molecule has 1 aliphatic carbocycles. The van der Waals surface area contributed by atoms with Gasteiger partial charge in [0.1, 0.15) is 0 Å². The summed E-state index contributed by atoms with van der Waals surface area (Å²) in [5, 5.41) is 0. The molecule has 0 aliphatic heterocycles. The predicted molar refractivity (Wildman–Crippen MR) is 62.8 cm³/mol. The van der Waals surface area contributed by atoms with Gasteiger partial charge in [0.15, 0.2) is 0 Å². The molecule has 0 spiro atoms. The summed E-state index contributed by atoms with van der Waals surface area (Å²) in [5.74, 6) is 1.51. The Balaban J connectivity index is 2.53. The summed E-state index contributed by atoms with van der Waals surface area (Å²) in [6.45, 7) is 8.02. The van der Waals surface area contributed by atoms with Gasteiger partial charge in [-0.25, -0.2) is 0 Å². The lowest BCUT2D eigenvalue weighted by Gasteiger charge is -2.37. The quantitative estimate of drug-likeness (QED) is 0.673. The van der Waals surface area contributed by atoms with Crippen molar-refractivity contribution in [3.05, 3.63) is 5.92 Å². The van der Waals surface area contributed by atoms with Crippen molar-refractivity contribution in [1.82, 2.24) is 0 Å². The lowest BCUT2D eigenvalue weighted by atomic mass is 9.81. The predicted octanol–water partition coefficient (Wildman–Crippen LogP) is 3.36. The molecule has 0 N–H and O–H groups in total. The number of rotatable bonds is 6. The van der Waals surface area contributed by atoms with Crippen LogP contribution in [0.2, 0.25) is 0 Å². The minimum absolute atomic E-state index is 0.361. The lowest BCUT2D eigenvalue weighted by molar-refractivity contribution is -0.0209. The molecule has 2 heteroatoms. The third-order valence-corrected chi connectivity index (χ3v) is 3.03. The van der Waals surface area contributed by atoms with Crippen LogP contribution in [0.1, 0.15) is 52.9 Å². The maximum atomic E-state index is 5.81. The summed E-state index contributed by atoms with van der Waals surface area (Å²) < 4.78 is 11.6. The Bertz CT molecular complexity index is 141. The first kappa shape index (κ1) is 13.0. The van der Waals surface area contributed by atoms with Crippen molar-refractivity contribution >= 4 is 0 Å². The molecule has 15 heavy (non-hydrogen) atoms. The van der Waals surface area contributed by atoms with Crippen molar-refractivity contribution in [2.75, 3.05) is 13.2 Å². The molecule has 0 heterocycles. The molecule has 0 bridgehead atoms. The molecule has 0 aromatic heterocycles. The van der Waals surface area contributed by atoms with Crippen molar-refractivity contribution in [1.29, 1.82) is 0 Å². The van der Waals surface area contributed by atoms with Gasteiger partial charge in [0.2, 0.25) is 0 Å². The fourth-order valence-corrected chi connectivity index (χ4v) is 2.46. The first-order valence-electron chi connectivity index (χ1n) is 6.42. The van der Waals surface area contributed by atoms with Gasteiger partial charge in [-0.1, -0.05) is 13.3 Å². The third kappa shape index (κ3) is 3.76. The smallest absolute Gasteiger partial charge is 0.0663 e. The largest absolute Gasteiger partial charge is 0.378 e. The van der Waals surface area contributed by atoms with Crippen molar-refractivity contribution in [3.63, 3.8) is 0 Å². The highest BCUT2D eigenvalue weighted by atomic mass is 16.5. The highest BCUT2D eigenvalue weighted by Gasteiger charge is 2.33. The van der Waals surface area contributed by atoms with Gasteiger partial charge in [0.05, 0.1) is 12.2 Å². The zero-order valence-electron chi connectivity index (χ0n) is 10.4. The van der Waals surface area contributed by atoms with Crippen LogP contribution >= 0.6 is 0 Å². The molecule has 1 fully saturated rings. The molecule has 1 aliphatic rings. The highest BCUT2D eigenvalue weighted by molar-refractivity contribution is 5.07. The Kier molecular flexibility index (Phi) is 6.26. The average molecular weight is 213 g/mol. The van der Waals surface area contributed by atoms with Crippen LogP contribution in [0.15, 0.2) is 0 Å². The van der Waals surface area contributed by atoms with Crippen molar-refractivity contribution in [2.24, 2.45) is 0 Å². The van der Waals surface area contributed by atoms with Crippen molar-refractivity contribution < 1.29 is 9.47 Å². The lowest BCUT2D eigenvalue weighted by Crippen LogP contribution is -2.37. The van der Waals surface area contributed by atoms with Gasteiger partial charge in [0.25, 0.3) is 0 Å². The SMILES string of the molecule is CCC[C]1C(OCC)CCCC1OCC. The van der Waals surface area contributed by atoms with Gasteiger partial charge in [-0.3, -0.25) is 0 Å². The van der Waals surface area contributed by atoms with Gasteiger partial charge < -0.3 is 9.47 Å².